The van der Waals surface area contributed by atoms with Gasteiger partial charge in [-0.3, -0.25) is 9.36 Å². The summed E-state index contributed by atoms with van der Waals surface area (Å²) in [5, 5.41) is 10.9. The molecule has 0 aliphatic rings. The largest absolute Gasteiger partial charge is 0.376 e. The summed E-state index contributed by atoms with van der Waals surface area (Å²) in [5.41, 5.74) is -1.20. The van der Waals surface area contributed by atoms with Gasteiger partial charge in [-0.2, -0.15) is 0 Å². The first-order chi connectivity index (χ1) is 10.1. The summed E-state index contributed by atoms with van der Waals surface area (Å²) in [4.78, 5) is 12.1. The number of hydrogen-bond acceptors (Lipinski definition) is 3. The van der Waals surface area contributed by atoms with E-state index in [2.05, 4.69) is 0 Å². The number of carbonyl (C=O) groups is 1. The molecule has 0 amide bonds. The standard InChI is InChI=1S/C15H26N3O3P/c1-13(19)15(20,14-10-8-7-9-11-14)12-18(6)22(21,16(2)3)17(4)5/h7-11,20H,12H2,1-6H3. The number of ketones is 1. The van der Waals surface area contributed by atoms with Crippen LogP contribution in [0.5, 0.6) is 0 Å². The molecule has 7 heteroatoms. The molecule has 0 aliphatic heterocycles. The predicted molar refractivity (Wildman–Crippen MR) is 88.6 cm³/mol. The van der Waals surface area contributed by atoms with Gasteiger partial charge in [0, 0.05) is 6.54 Å². The molecule has 0 aliphatic carbocycles. The lowest BCUT2D eigenvalue weighted by Crippen LogP contribution is -2.46. The Hall–Kier alpha value is -1.04. The van der Waals surface area contributed by atoms with Gasteiger partial charge < -0.3 is 5.11 Å². The second-order valence-corrected chi connectivity index (χ2v) is 9.12. The van der Waals surface area contributed by atoms with Crippen molar-refractivity contribution in [2.45, 2.75) is 12.5 Å². The quantitative estimate of drug-likeness (QED) is 0.768. The van der Waals surface area contributed by atoms with E-state index < -0.39 is 13.2 Å². The molecule has 1 aromatic carbocycles. The van der Waals surface area contributed by atoms with E-state index in [9.17, 15) is 14.5 Å². The minimum atomic E-state index is -3.02. The molecule has 1 unspecified atom stereocenters. The fourth-order valence-corrected chi connectivity index (χ4v) is 4.84. The maximum Gasteiger partial charge on any atom is 0.285 e. The van der Waals surface area contributed by atoms with Crippen molar-refractivity contribution in [2.24, 2.45) is 0 Å². The Morgan fingerprint density at radius 3 is 1.91 bits per heavy atom. The third-order valence-electron chi connectivity index (χ3n) is 3.78. The molecule has 6 nitrogen and oxygen atoms in total. The van der Waals surface area contributed by atoms with E-state index >= 15 is 0 Å². The highest BCUT2D eigenvalue weighted by molar-refractivity contribution is 7.56. The molecule has 0 bridgehead atoms. The summed E-state index contributed by atoms with van der Waals surface area (Å²) in [6.07, 6.45) is 0. The summed E-state index contributed by atoms with van der Waals surface area (Å²) in [7, 11) is 5.49. The van der Waals surface area contributed by atoms with Crippen LogP contribution in [0.3, 0.4) is 0 Å². The normalized spacial score (nSPS) is 15.4. The highest BCUT2D eigenvalue weighted by Crippen LogP contribution is 2.52. The number of carbonyl (C=O) groups excluding carboxylic acids is 1. The van der Waals surface area contributed by atoms with Gasteiger partial charge in [-0.25, -0.2) is 14.0 Å². The Labute approximate surface area is 132 Å². The number of Topliss-reactive ketones (excluding diaryl/α,β-unsaturated/α-hetero) is 1. The summed E-state index contributed by atoms with van der Waals surface area (Å²) in [6, 6.07) is 8.75. The fourth-order valence-electron chi connectivity index (χ4n) is 2.51. The van der Waals surface area contributed by atoms with Gasteiger partial charge in [-0.05, 0) is 47.7 Å². The second-order valence-electron chi connectivity index (χ2n) is 5.81. The van der Waals surface area contributed by atoms with Crippen LogP contribution in [0, 0.1) is 0 Å². The van der Waals surface area contributed by atoms with Gasteiger partial charge in [0.15, 0.2) is 11.4 Å². The summed E-state index contributed by atoms with van der Waals surface area (Å²) >= 11 is 0. The van der Waals surface area contributed by atoms with E-state index in [4.69, 9.17) is 0 Å². The molecule has 0 radical (unpaired) electrons. The predicted octanol–water partition coefficient (Wildman–Crippen LogP) is 1.63. The van der Waals surface area contributed by atoms with Crippen LogP contribution in [0.25, 0.3) is 0 Å². The molecule has 0 aromatic heterocycles. The smallest absolute Gasteiger partial charge is 0.285 e. The maximum atomic E-state index is 13.2. The Morgan fingerprint density at radius 1 is 1.09 bits per heavy atom. The van der Waals surface area contributed by atoms with Crippen LogP contribution in [0.15, 0.2) is 30.3 Å². The zero-order valence-electron chi connectivity index (χ0n) is 14.1. The first-order valence-corrected chi connectivity index (χ1v) is 8.59. The molecule has 0 heterocycles. The van der Waals surface area contributed by atoms with Crippen molar-refractivity contribution >= 4 is 13.4 Å². The van der Waals surface area contributed by atoms with E-state index in [0.29, 0.717) is 5.56 Å². The SMILES string of the molecule is CC(=O)C(O)(CN(C)P(=O)(N(C)C)N(C)C)c1ccccc1. The molecular weight excluding hydrogens is 301 g/mol. The van der Waals surface area contributed by atoms with Gasteiger partial charge in [0.25, 0.3) is 7.59 Å². The Kier molecular flexibility index (Phi) is 6.07. The van der Waals surface area contributed by atoms with Crippen molar-refractivity contribution < 1.29 is 14.5 Å². The third kappa shape index (κ3) is 3.47. The van der Waals surface area contributed by atoms with E-state index in [1.807, 2.05) is 6.07 Å². The molecule has 0 saturated carbocycles. The molecule has 1 atom stereocenters. The van der Waals surface area contributed by atoms with Crippen LogP contribution in [0.1, 0.15) is 12.5 Å². The highest BCUT2D eigenvalue weighted by atomic mass is 31.2. The molecule has 1 rings (SSSR count). The van der Waals surface area contributed by atoms with Crippen molar-refractivity contribution in [3.8, 4) is 0 Å². The van der Waals surface area contributed by atoms with Gasteiger partial charge >= 0.3 is 0 Å². The average Bonchev–Trinajstić information content (AvgIpc) is 2.46. The van der Waals surface area contributed by atoms with Gasteiger partial charge in [0.2, 0.25) is 0 Å². The van der Waals surface area contributed by atoms with Gasteiger partial charge in [-0.15, -0.1) is 0 Å². The summed E-state index contributed by atoms with van der Waals surface area (Å²) in [6.45, 7) is 1.29. The lowest BCUT2D eigenvalue weighted by atomic mass is 9.90. The molecule has 124 valence electrons. The molecule has 22 heavy (non-hydrogen) atoms. The molecule has 0 fully saturated rings. The van der Waals surface area contributed by atoms with Crippen molar-refractivity contribution in [1.29, 1.82) is 0 Å². The number of likely N-dealkylation sites (N-methyl/N-ethyl adjacent to an activating group) is 1. The minimum absolute atomic E-state index is 0.0556. The molecule has 0 saturated heterocycles. The van der Waals surface area contributed by atoms with Crippen LogP contribution in [0.4, 0.5) is 0 Å². The van der Waals surface area contributed by atoms with Crippen LogP contribution in [-0.2, 0) is 15.0 Å². The van der Waals surface area contributed by atoms with Crippen LogP contribution in [-0.4, -0.2) is 66.7 Å². The zero-order chi connectivity index (χ0) is 17.1. The Balaban J connectivity index is 3.22. The molecular formula is C15H26N3O3P. The monoisotopic (exact) mass is 327 g/mol. The lowest BCUT2D eigenvalue weighted by Gasteiger charge is -2.40. The van der Waals surface area contributed by atoms with Crippen molar-refractivity contribution in [3.63, 3.8) is 0 Å². The lowest BCUT2D eigenvalue weighted by molar-refractivity contribution is -0.136. The van der Waals surface area contributed by atoms with Gasteiger partial charge in [0.05, 0.1) is 0 Å². The molecule has 1 N–H and O–H groups in total. The number of hydrogen-bond donors (Lipinski definition) is 1. The minimum Gasteiger partial charge on any atom is -0.376 e. The average molecular weight is 327 g/mol. The summed E-state index contributed by atoms with van der Waals surface area (Å²) in [5.74, 6) is -0.380. The van der Waals surface area contributed by atoms with Crippen molar-refractivity contribution in [2.75, 3.05) is 41.8 Å². The number of aliphatic hydroxyl groups is 1. The van der Waals surface area contributed by atoms with Gasteiger partial charge in [-0.1, -0.05) is 30.3 Å². The first kappa shape index (κ1) is 19.0. The number of nitrogens with zero attached hydrogens (tertiary/aromatic N) is 3. The van der Waals surface area contributed by atoms with E-state index in [-0.39, 0.29) is 12.3 Å². The molecule has 1 aromatic rings. The number of benzene rings is 1. The molecule has 0 spiro atoms. The van der Waals surface area contributed by atoms with E-state index in [1.54, 1.807) is 73.5 Å². The third-order valence-corrected chi connectivity index (χ3v) is 6.89. The maximum absolute atomic E-state index is 13.2. The summed E-state index contributed by atoms with van der Waals surface area (Å²) < 4.78 is 18.0. The second kappa shape index (κ2) is 7.02. The Morgan fingerprint density at radius 2 is 1.55 bits per heavy atom. The topological polar surface area (TPSA) is 64.1 Å². The van der Waals surface area contributed by atoms with Crippen molar-refractivity contribution in [1.82, 2.24) is 14.0 Å². The highest BCUT2D eigenvalue weighted by Gasteiger charge is 2.42. The van der Waals surface area contributed by atoms with Crippen LogP contribution >= 0.6 is 7.59 Å². The number of rotatable bonds is 7. The fraction of sp³-hybridized carbons (Fsp3) is 0.533. The van der Waals surface area contributed by atoms with E-state index in [1.165, 1.54) is 6.92 Å². The van der Waals surface area contributed by atoms with Crippen LogP contribution < -0.4 is 0 Å². The Bertz CT molecular complexity index is 550. The van der Waals surface area contributed by atoms with Crippen LogP contribution in [0.2, 0.25) is 0 Å². The van der Waals surface area contributed by atoms with Gasteiger partial charge in [0.1, 0.15) is 0 Å². The van der Waals surface area contributed by atoms with Crippen molar-refractivity contribution in [3.05, 3.63) is 35.9 Å². The van der Waals surface area contributed by atoms with E-state index in [0.717, 1.165) is 0 Å². The first-order valence-electron chi connectivity index (χ1n) is 7.03. The zero-order valence-corrected chi connectivity index (χ0v) is 15.0.